The second-order valence-corrected chi connectivity index (χ2v) is 9.39. The summed E-state index contributed by atoms with van der Waals surface area (Å²) in [5, 5.41) is 13.7. The number of nitro benzene ring substituents is 1. The Morgan fingerprint density at radius 1 is 1.15 bits per heavy atom. The molecule has 3 aromatic rings. The summed E-state index contributed by atoms with van der Waals surface area (Å²) in [5.74, 6) is -0.766. The van der Waals surface area contributed by atoms with Crippen LogP contribution in [-0.4, -0.2) is 41.4 Å². The Bertz CT molecular complexity index is 1390. The van der Waals surface area contributed by atoms with Crippen molar-refractivity contribution in [1.29, 1.82) is 0 Å². The largest absolute Gasteiger partial charge is 0.318 e. The Kier molecular flexibility index (Phi) is 6.40. The van der Waals surface area contributed by atoms with Crippen LogP contribution in [0.1, 0.15) is 11.3 Å². The van der Waals surface area contributed by atoms with Crippen molar-refractivity contribution in [2.75, 3.05) is 22.4 Å². The minimum absolute atomic E-state index is 0.00771. The third-order valence-electron chi connectivity index (χ3n) is 5.18. The lowest BCUT2D eigenvalue weighted by Crippen LogP contribution is -2.38. The number of benzene rings is 2. The fourth-order valence-electron chi connectivity index (χ4n) is 3.38. The number of nitrogens with one attached hydrogen (secondary N) is 1. The number of aromatic nitrogens is 2. The lowest BCUT2D eigenvalue weighted by molar-refractivity contribution is -0.384. The molecule has 0 atom stereocenters. The molecule has 0 spiro atoms. The molecule has 0 fully saturated rings. The molecule has 0 saturated carbocycles. The second kappa shape index (κ2) is 8.90. The predicted octanol–water partition coefficient (Wildman–Crippen LogP) is 2.11. The molecular weight excluding hydrogens is 450 g/mol. The van der Waals surface area contributed by atoms with Crippen LogP contribution in [0.15, 0.2) is 53.3 Å². The van der Waals surface area contributed by atoms with Crippen molar-refractivity contribution in [3.8, 4) is 5.69 Å². The fraction of sp³-hybridized carbons (Fsp3) is 0.238. The fourth-order valence-corrected chi connectivity index (χ4v) is 4.29. The number of carbonyl (C=O) groups excluding carboxylic acids is 1. The van der Waals surface area contributed by atoms with Crippen molar-refractivity contribution in [2.24, 2.45) is 7.05 Å². The third-order valence-corrected chi connectivity index (χ3v) is 6.30. The summed E-state index contributed by atoms with van der Waals surface area (Å²) in [4.78, 5) is 36.3. The zero-order valence-electron chi connectivity index (χ0n) is 18.5. The number of nitro groups is 1. The highest BCUT2D eigenvalue weighted by Crippen LogP contribution is 2.27. The number of non-ortho nitro benzene ring substituents is 1. The van der Waals surface area contributed by atoms with Crippen LogP contribution in [0.4, 0.5) is 17.1 Å². The maximum Gasteiger partial charge on any atom is 0.295 e. The molecule has 2 aromatic carbocycles. The first-order valence-corrected chi connectivity index (χ1v) is 11.6. The van der Waals surface area contributed by atoms with Crippen LogP contribution in [0.25, 0.3) is 5.69 Å². The molecule has 11 nitrogen and oxygen atoms in total. The van der Waals surface area contributed by atoms with Crippen molar-refractivity contribution >= 4 is 33.0 Å². The van der Waals surface area contributed by atoms with Gasteiger partial charge in [-0.1, -0.05) is 24.3 Å². The van der Waals surface area contributed by atoms with E-state index in [4.69, 9.17) is 0 Å². The third kappa shape index (κ3) is 4.80. The number of amides is 1. The summed E-state index contributed by atoms with van der Waals surface area (Å²) < 4.78 is 28.6. The highest BCUT2D eigenvalue weighted by molar-refractivity contribution is 7.92. The van der Waals surface area contributed by atoms with Gasteiger partial charge in [-0.15, -0.1) is 0 Å². The lowest BCUT2D eigenvalue weighted by Gasteiger charge is -2.23. The van der Waals surface area contributed by atoms with Gasteiger partial charge in [0.25, 0.3) is 11.2 Å². The Balaban J connectivity index is 1.96. The SMILES string of the molecule is Cc1ccc([N+](=O)[O-])cc1N(CC(=O)Nc1c(C)n(C)n(-c2ccccc2)c1=O)S(C)(=O)=O. The number of hydrogen-bond acceptors (Lipinski definition) is 6. The van der Waals surface area contributed by atoms with Crippen LogP contribution in [0.2, 0.25) is 0 Å². The number of carbonyl (C=O) groups is 1. The first-order chi connectivity index (χ1) is 15.4. The summed E-state index contributed by atoms with van der Waals surface area (Å²) in [6.45, 7) is 2.56. The second-order valence-electron chi connectivity index (χ2n) is 7.48. The smallest absolute Gasteiger partial charge is 0.295 e. The van der Waals surface area contributed by atoms with Gasteiger partial charge in [0.15, 0.2) is 0 Å². The van der Waals surface area contributed by atoms with E-state index < -0.39 is 33.0 Å². The summed E-state index contributed by atoms with van der Waals surface area (Å²) in [5.41, 5.74) is 0.722. The lowest BCUT2D eigenvalue weighted by atomic mass is 10.2. The van der Waals surface area contributed by atoms with Gasteiger partial charge in [-0.25, -0.2) is 13.1 Å². The molecule has 1 aromatic heterocycles. The summed E-state index contributed by atoms with van der Waals surface area (Å²) in [7, 11) is -2.31. The summed E-state index contributed by atoms with van der Waals surface area (Å²) in [6, 6.07) is 12.6. The van der Waals surface area contributed by atoms with Gasteiger partial charge in [0.05, 0.1) is 28.2 Å². The van der Waals surface area contributed by atoms with E-state index in [-0.39, 0.29) is 17.1 Å². The quantitative estimate of drug-likeness (QED) is 0.412. The minimum atomic E-state index is -3.98. The van der Waals surface area contributed by atoms with Crippen LogP contribution < -0.4 is 15.2 Å². The van der Waals surface area contributed by atoms with E-state index in [9.17, 15) is 28.1 Å². The van der Waals surface area contributed by atoms with E-state index in [2.05, 4.69) is 5.32 Å². The van der Waals surface area contributed by atoms with Crippen molar-refractivity contribution in [2.45, 2.75) is 13.8 Å². The first-order valence-electron chi connectivity index (χ1n) is 9.78. The number of nitrogens with zero attached hydrogens (tertiary/aromatic N) is 4. The van der Waals surface area contributed by atoms with E-state index in [1.54, 1.807) is 49.8 Å². The molecule has 0 aliphatic carbocycles. The molecule has 0 saturated heterocycles. The van der Waals surface area contributed by atoms with Crippen LogP contribution >= 0.6 is 0 Å². The standard InChI is InChI=1S/C21H23N5O6S/c1-14-10-11-17(26(29)30)12-18(14)24(33(4,31)32)13-19(27)22-20-15(2)23(3)25(21(20)28)16-8-6-5-7-9-16/h5-12H,13H2,1-4H3,(H,22,27). The molecule has 0 bridgehead atoms. The maximum absolute atomic E-state index is 13.0. The summed E-state index contributed by atoms with van der Waals surface area (Å²) in [6.07, 6.45) is 0.898. The minimum Gasteiger partial charge on any atom is -0.318 e. The molecule has 1 heterocycles. The highest BCUT2D eigenvalue weighted by atomic mass is 32.2. The van der Waals surface area contributed by atoms with E-state index >= 15 is 0 Å². The Morgan fingerprint density at radius 2 is 1.79 bits per heavy atom. The molecule has 33 heavy (non-hydrogen) atoms. The van der Waals surface area contributed by atoms with Crippen LogP contribution in [0.5, 0.6) is 0 Å². The molecule has 0 aliphatic heterocycles. The molecule has 174 valence electrons. The number of para-hydroxylation sites is 1. The van der Waals surface area contributed by atoms with Gasteiger partial charge in [0.2, 0.25) is 15.9 Å². The highest BCUT2D eigenvalue weighted by Gasteiger charge is 2.26. The molecule has 12 heteroatoms. The zero-order chi connectivity index (χ0) is 24.5. The van der Waals surface area contributed by atoms with E-state index in [1.165, 1.54) is 16.8 Å². The number of hydrogen-bond donors (Lipinski definition) is 1. The number of sulfonamides is 1. The number of rotatable bonds is 7. The van der Waals surface area contributed by atoms with Gasteiger partial charge < -0.3 is 5.32 Å². The Morgan fingerprint density at radius 3 is 2.36 bits per heavy atom. The molecule has 0 radical (unpaired) electrons. The number of anilines is 2. The van der Waals surface area contributed by atoms with Crippen molar-refractivity contribution in [1.82, 2.24) is 9.36 Å². The van der Waals surface area contributed by atoms with Gasteiger partial charge in [-0.2, -0.15) is 0 Å². The molecular formula is C21H23N5O6S. The van der Waals surface area contributed by atoms with Crippen LogP contribution in [0.3, 0.4) is 0 Å². The predicted molar refractivity (Wildman–Crippen MR) is 124 cm³/mol. The van der Waals surface area contributed by atoms with Crippen LogP contribution in [0, 0.1) is 24.0 Å². The van der Waals surface area contributed by atoms with Gasteiger partial charge in [-0.05, 0) is 31.5 Å². The maximum atomic E-state index is 13.0. The summed E-state index contributed by atoms with van der Waals surface area (Å²) >= 11 is 0. The number of aryl methyl sites for hydroxylation is 1. The van der Waals surface area contributed by atoms with Crippen LogP contribution in [-0.2, 0) is 21.9 Å². The average Bonchev–Trinajstić information content (AvgIpc) is 2.95. The molecule has 3 rings (SSSR count). The first kappa shape index (κ1) is 23.7. The van der Waals surface area contributed by atoms with Crippen molar-refractivity contribution in [3.05, 3.63) is 80.3 Å². The van der Waals surface area contributed by atoms with Crippen molar-refractivity contribution < 1.29 is 18.1 Å². The molecule has 0 aliphatic rings. The Hall–Kier alpha value is -3.93. The van der Waals surface area contributed by atoms with Gasteiger partial charge >= 0.3 is 0 Å². The monoisotopic (exact) mass is 473 g/mol. The molecule has 1 N–H and O–H groups in total. The topological polar surface area (TPSA) is 137 Å². The molecule has 0 unspecified atom stereocenters. The Labute approximate surface area is 190 Å². The van der Waals surface area contributed by atoms with E-state index in [0.717, 1.165) is 16.6 Å². The molecule has 1 amide bonds. The average molecular weight is 474 g/mol. The van der Waals surface area contributed by atoms with Crippen molar-refractivity contribution in [3.63, 3.8) is 0 Å². The van der Waals surface area contributed by atoms with Gasteiger partial charge in [0, 0.05) is 19.2 Å². The van der Waals surface area contributed by atoms with E-state index in [1.807, 2.05) is 6.07 Å². The van der Waals surface area contributed by atoms with Gasteiger partial charge in [0.1, 0.15) is 12.2 Å². The normalized spacial score (nSPS) is 11.3. The zero-order valence-corrected chi connectivity index (χ0v) is 19.3. The van der Waals surface area contributed by atoms with E-state index in [0.29, 0.717) is 16.9 Å². The van der Waals surface area contributed by atoms with Gasteiger partial charge in [-0.3, -0.25) is 28.7 Å².